The Morgan fingerprint density at radius 1 is 1.20 bits per heavy atom. The molecule has 1 aromatic carbocycles. The van der Waals surface area contributed by atoms with Gasteiger partial charge < -0.3 is 15.0 Å². The lowest BCUT2D eigenvalue weighted by atomic mass is 10.0. The molecule has 1 aliphatic rings. The van der Waals surface area contributed by atoms with Gasteiger partial charge in [-0.15, -0.1) is 0 Å². The molecule has 6 heteroatoms. The van der Waals surface area contributed by atoms with E-state index < -0.39 is 0 Å². The van der Waals surface area contributed by atoms with Crippen molar-refractivity contribution in [2.45, 2.75) is 78.2 Å². The number of ketones is 1. The van der Waals surface area contributed by atoms with Gasteiger partial charge in [-0.1, -0.05) is 19.1 Å². The molecule has 6 nitrogen and oxygen atoms in total. The van der Waals surface area contributed by atoms with Crippen LogP contribution in [-0.4, -0.2) is 43.4 Å². The molecule has 30 heavy (non-hydrogen) atoms. The lowest BCUT2D eigenvalue weighted by molar-refractivity contribution is -0.149. The number of unbranched alkanes of at least 4 members (excludes halogenated alkanes) is 1. The first-order valence-electron chi connectivity index (χ1n) is 11.2. The van der Waals surface area contributed by atoms with Crippen molar-refractivity contribution < 1.29 is 19.1 Å². The highest BCUT2D eigenvalue weighted by Crippen LogP contribution is 2.24. The van der Waals surface area contributed by atoms with E-state index in [2.05, 4.69) is 35.3 Å². The number of aryl methyl sites for hydroxylation is 2. The zero-order valence-electron chi connectivity index (χ0n) is 18.7. The number of carbonyl (C=O) groups is 3. The Kier molecular flexibility index (Phi) is 9.84. The minimum absolute atomic E-state index is 0.116. The van der Waals surface area contributed by atoms with E-state index in [-0.39, 0.29) is 18.0 Å². The number of nitrogens with one attached hydrogen (secondary N) is 1. The molecule has 166 valence electrons. The van der Waals surface area contributed by atoms with Gasteiger partial charge in [-0.2, -0.15) is 0 Å². The number of esters is 1. The number of benzene rings is 1. The molecule has 2 rings (SSSR count). The highest BCUT2D eigenvalue weighted by Gasteiger charge is 2.16. The molecule has 0 aliphatic carbocycles. The molecule has 1 amide bonds. The van der Waals surface area contributed by atoms with Crippen LogP contribution in [0.4, 0.5) is 5.69 Å². The summed E-state index contributed by atoms with van der Waals surface area (Å²) in [6.07, 6.45) is 5.72. The third-order valence-corrected chi connectivity index (χ3v) is 5.57. The topological polar surface area (TPSA) is 75.7 Å². The fourth-order valence-electron chi connectivity index (χ4n) is 3.80. The molecule has 1 N–H and O–H groups in total. The standard InChI is InChI=1S/C24H36N2O4/c1-4-22(17-25-19(3)27)30-24(29)10-6-5-8-20-11-12-23(18(2)16-20)26-14-7-9-21(28)13-15-26/h11-12,16,22H,4-10,13-15,17H2,1-3H3,(H,25,27)/t22-/m1/s1. The third-order valence-electron chi connectivity index (χ3n) is 5.57. The van der Waals surface area contributed by atoms with Gasteiger partial charge in [0.2, 0.25) is 5.91 Å². The monoisotopic (exact) mass is 416 g/mol. The summed E-state index contributed by atoms with van der Waals surface area (Å²) in [7, 11) is 0. The Morgan fingerprint density at radius 2 is 2.00 bits per heavy atom. The van der Waals surface area contributed by atoms with Crippen molar-refractivity contribution in [3.05, 3.63) is 29.3 Å². The van der Waals surface area contributed by atoms with Gasteiger partial charge in [0.05, 0.1) is 6.54 Å². The van der Waals surface area contributed by atoms with Crippen molar-refractivity contribution in [2.75, 3.05) is 24.5 Å². The van der Waals surface area contributed by atoms with Gasteiger partial charge in [0.1, 0.15) is 11.9 Å². The van der Waals surface area contributed by atoms with Crippen LogP contribution < -0.4 is 10.2 Å². The Labute approximate surface area is 180 Å². The summed E-state index contributed by atoms with van der Waals surface area (Å²) < 4.78 is 5.44. The number of anilines is 1. The van der Waals surface area contributed by atoms with Crippen LogP contribution in [0.2, 0.25) is 0 Å². The quantitative estimate of drug-likeness (QED) is 0.465. The van der Waals surface area contributed by atoms with Crippen molar-refractivity contribution >= 4 is 23.3 Å². The van der Waals surface area contributed by atoms with Crippen LogP contribution in [0.25, 0.3) is 0 Å². The summed E-state index contributed by atoms with van der Waals surface area (Å²) in [6, 6.07) is 6.55. The molecule has 1 fully saturated rings. The van der Waals surface area contributed by atoms with Crippen LogP contribution in [0, 0.1) is 6.92 Å². The molecule has 0 radical (unpaired) electrons. The summed E-state index contributed by atoms with van der Waals surface area (Å²) >= 11 is 0. The fourth-order valence-corrected chi connectivity index (χ4v) is 3.80. The van der Waals surface area contributed by atoms with Gasteiger partial charge in [0.15, 0.2) is 0 Å². The number of hydrogen-bond acceptors (Lipinski definition) is 5. The van der Waals surface area contributed by atoms with Gasteiger partial charge in [0.25, 0.3) is 0 Å². The number of hydrogen-bond donors (Lipinski definition) is 1. The first kappa shape index (κ1) is 23.9. The summed E-state index contributed by atoms with van der Waals surface area (Å²) in [6.45, 7) is 7.64. The second-order valence-electron chi connectivity index (χ2n) is 8.16. The number of Topliss-reactive ketones (excluding diaryl/α,β-unsaturated/α-hetero) is 1. The fraction of sp³-hybridized carbons (Fsp3) is 0.625. The third kappa shape index (κ3) is 8.17. The molecule has 0 saturated carbocycles. The molecule has 1 aliphatic heterocycles. The van der Waals surface area contributed by atoms with E-state index in [4.69, 9.17) is 4.74 Å². The normalized spacial score (nSPS) is 15.4. The zero-order valence-corrected chi connectivity index (χ0v) is 18.7. The van der Waals surface area contributed by atoms with Crippen LogP contribution in [0.3, 0.4) is 0 Å². The van der Waals surface area contributed by atoms with Crippen LogP contribution >= 0.6 is 0 Å². The Hall–Kier alpha value is -2.37. The van der Waals surface area contributed by atoms with Crippen molar-refractivity contribution in [3.63, 3.8) is 0 Å². The Bertz CT molecular complexity index is 732. The van der Waals surface area contributed by atoms with Gasteiger partial charge in [-0.3, -0.25) is 14.4 Å². The van der Waals surface area contributed by atoms with E-state index in [1.807, 2.05) is 6.92 Å². The number of carbonyl (C=O) groups excluding carboxylic acids is 3. The highest BCUT2D eigenvalue weighted by molar-refractivity contribution is 5.79. The second-order valence-corrected chi connectivity index (χ2v) is 8.16. The maximum Gasteiger partial charge on any atom is 0.306 e. The predicted molar refractivity (Wildman–Crippen MR) is 119 cm³/mol. The molecule has 0 spiro atoms. The molecular formula is C24H36N2O4. The minimum Gasteiger partial charge on any atom is -0.460 e. The first-order valence-corrected chi connectivity index (χ1v) is 11.2. The predicted octanol–water partition coefficient (Wildman–Crippen LogP) is 3.73. The molecule has 0 bridgehead atoms. The Morgan fingerprint density at radius 3 is 2.70 bits per heavy atom. The van der Waals surface area contributed by atoms with E-state index in [0.717, 1.165) is 38.8 Å². The van der Waals surface area contributed by atoms with E-state index in [1.54, 1.807) is 0 Å². The van der Waals surface area contributed by atoms with Gasteiger partial charge >= 0.3 is 5.97 Å². The second kappa shape index (κ2) is 12.4. The SMILES string of the molecule is CC[C@H](CNC(C)=O)OC(=O)CCCCc1ccc(N2CCCC(=O)CC2)c(C)c1. The summed E-state index contributed by atoms with van der Waals surface area (Å²) in [5.41, 5.74) is 3.74. The highest BCUT2D eigenvalue weighted by atomic mass is 16.5. The molecule has 0 unspecified atom stereocenters. The van der Waals surface area contributed by atoms with Crippen LogP contribution in [0.15, 0.2) is 18.2 Å². The molecule has 1 atom stereocenters. The van der Waals surface area contributed by atoms with Crippen LogP contribution in [0.5, 0.6) is 0 Å². The molecule has 0 aromatic heterocycles. The summed E-state index contributed by atoms with van der Waals surface area (Å²) in [5.74, 6) is 0.0512. The Balaban J connectivity index is 1.74. The number of nitrogens with zero attached hydrogens (tertiary/aromatic N) is 1. The average molecular weight is 417 g/mol. The maximum atomic E-state index is 12.0. The van der Waals surface area contributed by atoms with Gasteiger partial charge in [-0.25, -0.2) is 0 Å². The number of amides is 1. The van der Waals surface area contributed by atoms with E-state index in [0.29, 0.717) is 38.0 Å². The molecule has 1 aromatic rings. The summed E-state index contributed by atoms with van der Waals surface area (Å²) in [4.78, 5) is 37.0. The van der Waals surface area contributed by atoms with Gasteiger partial charge in [0, 0.05) is 45.0 Å². The van der Waals surface area contributed by atoms with Crippen molar-refractivity contribution in [1.29, 1.82) is 0 Å². The average Bonchev–Trinajstić information content (AvgIpc) is 2.93. The van der Waals surface area contributed by atoms with E-state index in [9.17, 15) is 14.4 Å². The largest absolute Gasteiger partial charge is 0.460 e. The zero-order chi connectivity index (χ0) is 21.9. The maximum absolute atomic E-state index is 12.0. The molecular weight excluding hydrogens is 380 g/mol. The van der Waals surface area contributed by atoms with Crippen molar-refractivity contribution in [1.82, 2.24) is 5.32 Å². The van der Waals surface area contributed by atoms with Gasteiger partial charge in [-0.05, 0) is 56.2 Å². The smallest absolute Gasteiger partial charge is 0.306 e. The molecule has 1 saturated heterocycles. The minimum atomic E-state index is -0.258. The van der Waals surface area contributed by atoms with Crippen molar-refractivity contribution in [2.24, 2.45) is 0 Å². The molecule has 1 heterocycles. The van der Waals surface area contributed by atoms with E-state index in [1.165, 1.54) is 23.7 Å². The van der Waals surface area contributed by atoms with Crippen molar-refractivity contribution in [3.8, 4) is 0 Å². The van der Waals surface area contributed by atoms with Crippen LogP contribution in [-0.2, 0) is 25.5 Å². The lowest BCUT2D eigenvalue weighted by Crippen LogP contribution is -2.33. The summed E-state index contributed by atoms with van der Waals surface area (Å²) in [5, 5.41) is 2.69. The first-order chi connectivity index (χ1) is 14.4. The van der Waals surface area contributed by atoms with E-state index >= 15 is 0 Å². The number of ether oxygens (including phenoxy) is 1. The number of rotatable bonds is 10. The lowest BCUT2D eigenvalue weighted by Gasteiger charge is -2.24. The van der Waals surface area contributed by atoms with Crippen LogP contribution in [0.1, 0.15) is 69.9 Å².